The van der Waals surface area contributed by atoms with Crippen molar-refractivity contribution in [2.75, 3.05) is 11.4 Å². The Morgan fingerprint density at radius 3 is 2.39 bits per heavy atom. The van der Waals surface area contributed by atoms with Crippen molar-refractivity contribution in [2.45, 2.75) is 31.1 Å². The third-order valence-electron chi connectivity index (χ3n) is 5.42. The SMILES string of the molecule is O=C1CCCN1c1cc([C@@H]2C[C@@H]2c2cnc(-c3ncccn3)nc2)ccc1F. The first-order chi connectivity index (χ1) is 13.7. The van der Waals surface area contributed by atoms with E-state index in [1.165, 1.54) is 6.07 Å². The molecule has 140 valence electrons. The molecule has 3 aromatic rings. The monoisotopic (exact) mass is 375 g/mol. The summed E-state index contributed by atoms with van der Waals surface area (Å²) in [6.45, 7) is 0.587. The van der Waals surface area contributed by atoms with Crippen molar-refractivity contribution in [3.8, 4) is 11.6 Å². The van der Waals surface area contributed by atoms with E-state index in [0.29, 0.717) is 42.1 Å². The number of carbonyl (C=O) groups excluding carboxylic acids is 1. The second kappa shape index (κ2) is 6.74. The van der Waals surface area contributed by atoms with Gasteiger partial charge in [-0.25, -0.2) is 24.3 Å². The third-order valence-corrected chi connectivity index (χ3v) is 5.42. The molecule has 2 aliphatic rings. The minimum atomic E-state index is -0.341. The molecule has 1 saturated carbocycles. The fourth-order valence-electron chi connectivity index (χ4n) is 3.86. The zero-order chi connectivity index (χ0) is 19.1. The Bertz CT molecular complexity index is 1020. The number of rotatable bonds is 4. The molecule has 0 unspecified atom stereocenters. The summed E-state index contributed by atoms with van der Waals surface area (Å²) in [5.41, 5.74) is 2.50. The summed E-state index contributed by atoms with van der Waals surface area (Å²) >= 11 is 0. The number of anilines is 1. The highest BCUT2D eigenvalue weighted by atomic mass is 19.1. The van der Waals surface area contributed by atoms with Crippen LogP contribution in [-0.2, 0) is 4.79 Å². The molecule has 2 aromatic heterocycles. The molecule has 1 aromatic carbocycles. The van der Waals surface area contributed by atoms with Gasteiger partial charge in [-0.2, -0.15) is 0 Å². The summed E-state index contributed by atoms with van der Waals surface area (Å²) in [5.74, 6) is 1.25. The fraction of sp³-hybridized carbons (Fsp3) is 0.286. The van der Waals surface area contributed by atoms with Crippen LogP contribution in [0.4, 0.5) is 10.1 Å². The molecule has 1 saturated heterocycles. The molecule has 0 radical (unpaired) electrons. The quantitative estimate of drug-likeness (QED) is 0.698. The lowest BCUT2D eigenvalue weighted by Crippen LogP contribution is -2.24. The van der Waals surface area contributed by atoms with E-state index in [2.05, 4.69) is 19.9 Å². The maximum absolute atomic E-state index is 14.3. The van der Waals surface area contributed by atoms with E-state index in [1.807, 2.05) is 24.5 Å². The summed E-state index contributed by atoms with van der Waals surface area (Å²) in [7, 11) is 0. The number of hydrogen-bond donors (Lipinski definition) is 0. The first kappa shape index (κ1) is 16.9. The van der Waals surface area contributed by atoms with Crippen molar-refractivity contribution in [1.29, 1.82) is 0 Å². The van der Waals surface area contributed by atoms with Gasteiger partial charge in [0.15, 0.2) is 11.6 Å². The molecule has 2 atom stereocenters. The lowest BCUT2D eigenvalue weighted by atomic mass is 10.1. The van der Waals surface area contributed by atoms with Crippen molar-refractivity contribution in [3.05, 3.63) is 66.0 Å². The van der Waals surface area contributed by atoms with Gasteiger partial charge < -0.3 is 4.90 Å². The third kappa shape index (κ3) is 3.02. The van der Waals surface area contributed by atoms with Crippen LogP contribution < -0.4 is 4.90 Å². The van der Waals surface area contributed by atoms with Gasteiger partial charge in [0.25, 0.3) is 0 Å². The second-order valence-corrected chi connectivity index (χ2v) is 7.22. The number of carbonyl (C=O) groups is 1. The molecule has 0 bridgehead atoms. The molecule has 0 N–H and O–H groups in total. The van der Waals surface area contributed by atoms with Gasteiger partial charge in [-0.3, -0.25) is 4.79 Å². The van der Waals surface area contributed by atoms with Gasteiger partial charge in [0.2, 0.25) is 5.91 Å². The Labute approximate surface area is 161 Å². The van der Waals surface area contributed by atoms with E-state index in [-0.39, 0.29) is 11.7 Å². The van der Waals surface area contributed by atoms with Gasteiger partial charge >= 0.3 is 0 Å². The van der Waals surface area contributed by atoms with E-state index < -0.39 is 0 Å². The summed E-state index contributed by atoms with van der Waals surface area (Å²) in [6, 6.07) is 6.87. The molecule has 28 heavy (non-hydrogen) atoms. The van der Waals surface area contributed by atoms with Crippen LogP contribution in [0.15, 0.2) is 49.1 Å². The second-order valence-electron chi connectivity index (χ2n) is 7.22. The number of halogens is 1. The maximum Gasteiger partial charge on any atom is 0.227 e. The van der Waals surface area contributed by atoms with Crippen LogP contribution in [0.5, 0.6) is 0 Å². The zero-order valence-corrected chi connectivity index (χ0v) is 15.1. The standard InChI is InChI=1S/C21H18FN5O/c22-17-5-4-13(9-18(17)27-8-1-3-19(27)28)15-10-16(15)14-11-25-21(26-12-14)20-23-6-2-7-24-20/h2,4-7,9,11-12,15-16H,1,3,8,10H2/t15-,16+/m0/s1. The van der Waals surface area contributed by atoms with Crippen LogP contribution in [0.1, 0.15) is 42.2 Å². The summed E-state index contributed by atoms with van der Waals surface area (Å²) in [5, 5.41) is 0. The molecule has 1 aliphatic heterocycles. The minimum Gasteiger partial charge on any atom is -0.310 e. The largest absolute Gasteiger partial charge is 0.310 e. The molecular formula is C21H18FN5O. The number of benzene rings is 1. The predicted molar refractivity (Wildman–Crippen MR) is 101 cm³/mol. The van der Waals surface area contributed by atoms with Gasteiger partial charge in [-0.1, -0.05) is 6.07 Å². The molecule has 5 rings (SSSR count). The molecule has 2 fully saturated rings. The number of amides is 1. The lowest BCUT2D eigenvalue weighted by molar-refractivity contribution is -0.117. The van der Waals surface area contributed by atoms with Gasteiger partial charge in [0.1, 0.15) is 5.82 Å². The topological polar surface area (TPSA) is 71.9 Å². The smallest absolute Gasteiger partial charge is 0.227 e. The highest BCUT2D eigenvalue weighted by Crippen LogP contribution is 2.55. The average Bonchev–Trinajstić information content (AvgIpc) is 3.43. The van der Waals surface area contributed by atoms with E-state index in [4.69, 9.17) is 0 Å². The Balaban J connectivity index is 1.35. The first-order valence-electron chi connectivity index (χ1n) is 9.40. The molecule has 0 spiro atoms. The zero-order valence-electron chi connectivity index (χ0n) is 15.1. The molecule has 1 aliphatic carbocycles. The average molecular weight is 375 g/mol. The Morgan fingerprint density at radius 1 is 0.964 bits per heavy atom. The lowest BCUT2D eigenvalue weighted by Gasteiger charge is -2.17. The molecule has 7 heteroatoms. The van der Waals surface area contributed by atoms with Crippen LogP contribution in [0.3, 0.4) is 0 Å². The Hall–Kier alpha value is -3.22. The van der Waals surface area contributed by atoms with Crippen molar-refractivity contribution >= 4 is 11.6 Å². The Kier molecular flexibility index (Phi) is 4.07. The molecule has 1 amide bonds. The van der Waals surface area contributed by atoms with Gasteiger partial charge in [0.05, 0.1) is 5.69 Å². The van der Waals surface area contributed by atoms with Crippen LogP contribution in [0.25, 0.3) is 11.6 Å². The summed E-state index contributed by atoms with van der Waals surface area (Å²) in [6.07, 6.45) is 9.19. The highest BCUT2D eigenvalue weighted by Gasteiger charge is 2.40. The van der Waals surface area contributed by atoms with Crippen molar-refractivity contribution in [2.24, 2.45) is 0 Å². The summed E-state index contributed by atoms with van der Waals surface area (Å²) in [4.78, 5) is 30.7. The van der Waals surface area contributed by atoms with Gasteiger partial charge in [0, 0.05) is 37.8 Å². The van der Waals surface area contributed by atoms with Crippen LogP contribution in [-0.4, -0.2) is 32.4 Å². The predicted octanol–water partition coefficient (Wildman–Crippen LogP) is 3.47. The van der Waals surface area contributed by atoms with E-state index in [9.17, 15) is 9.18 Å². The van der Waals surface area contributed by atoms with Crippen molar-refractivity contribution < 1.29 is 9.18 Å². The summed E-state index contributed by atoms with van der Waals surface area (Å²) < 4.78 is 14.3. The maximum atomic E-state index is 14.3. The number of aromatic nitrogens is 4. The van der Waals surface area contributed by atoms with Crippen molar-refractivity contribution in [3.63, 3.8) is 0 Å². The fourth-order valence-corrected chi connectivity index (χ4v) is 3.86. The normalized spacial score (nSPS) is 21.2. The minimum absolute atomic E-state index is 0.00415. The van der Waals surface area contributed by atoms with Crippen LogP contribution in [0, 0.1) is 5.82 Å². The highest BCUT2D eigenvalue weighted by molar-refractivity contribution is 5.95. The van der Waals surface area contributed by atoms with Crippen LogP contribution in [0.2, 0.25) is 0 Å². The van der Waals surface area contributed by atoms with E-state index in [0.717, 1.165) is 24.0 Å². The van der Waals surface area contributed by atoms with Crippen LogP contribution >= 0.6 is 0 Å². The van der Waals surface area contributed by atoms with E-state index in [1.54, 1.807) is 23.4 Å². The van der Waals surface area contributed by atoms with E-state index >= 15 is 0 Å². The molecule has 3 heterocycles. The first-order valence-corrected chi connectivity index (χ1v) is 9.40. The number of nitrogens with zero attached hydrogens (tertiary/aromatic N) is 5. The Morgan fingerprint density at radius 2 is 1.68 bits per heavy atom. The van der Waals surface area contributed by atoms with Gasteiger partial charge in [-0.15, -0.1) is 0 Å². The number of hydrogen-bond acceptors (Lipinski definition) is 5. The van der Waals surface area contributed by atoms with Gasteiger partial charge in [-0.05, 0) is 54.0 Å². The molecule has 6 nitrogen and oxygen atoms in total. The molecular weight excluding hydrogens is 357 g/mol. The van der Waals surface area contributed by atoms with Crippen molar-refractivity contribution in [1.82, 2.24) is 19.9 Å².